The Morgan fingerprint density at radius 2 is 2.21 bits per heavy atom. The first kappa shape index (κ1) is 20.8. The Kier molecular flexibility index (Phi) is 10.5. The quantitative estimate of drug-likeness (QED) is 0.293. The van der Waals surface area contributed by atoms with Crippen molar-refractivity contribution in [2.75, 3.05) is 33.4 Å². The van der Waals surface area contributed by atoms with Crippen molar-refractivity contribution in [2.45, 2.75) is 26.3 Å². The lowest BCUT2D eigenvalue weighted by molar-refractivity contribution is 0.153. The molecule has 0 aliphatic carbocycles. The van der Waals surface area contributed by atoms with Gasteiger partial charge in [-0.25, -0.2) is 4.99 Å². The minimum Gasteiger partial charge on any atom is -0.497 e. The molecule has 1 heterocycles. The van der Waals surface area contributed by atoms with Gasteiger partial charge in [0.05, 0.1) is 26.9 Å². The van der Waals surface area contributed by atoms with Crippen LogP contribution in [0.2, 0.25) is 0 Å². The Balaban J connectivity index is 0.00000288. The molecular weight excluding hydrogens is 417 g/mol. The highest BCUT2D eigenvalue weighted by Gasteiger charge is 2.04. The first-order chi connectivity index (χ1) is 11.3. The first-order valence-electron chi connectivity index (χ1n) is 8.22. The molecule has 1 aliphatic rings. The molecule has 0 bridgehead atoms. The molecule has 0 saturated carbocycles. The number of benzene rings is 1. The zero-order valence-corrected chi connectivity index (χ0v) is 16.8. The van der Waals surface area contributed by atoms with E-state index in [9.17, 15) is 0 Å². The minimum absolute atomic E-state index is 0. The molecule has 2 N–H and O–H groups in total. The van der Waals surface area contributed by atoms with Crippen molar-refractivity contribution < 1.29 is 9.47 Å². The molecule has 0 atom stereocenters. The van der Waals surface area contributed by atoms with Crippen molar-refractivity contribution in [1.82, 2.24) is 10.6 Å². The Bertz CT molecular complexity index is 547. The van der Waals surface area contributed by atoms with E-state index >= 15 is 0 Å². The summed E-state index contributed by atoms with van der Waals surface area (Å²) in [6, 6.07) is 8.00. The largest absolute Gasteiger partial charge is 0.497 e. The van der Waals surface area contributed by atoms with E-state index in [4.69, 9.17) is 9.47 Å². The number of halogens is 1. The van der Waals surface area contributed by atoms with Crippen LogP contribution in [0.25, 0.3) is 0 Å². The Morgan fingerprint density at radius 1 is 1.33 bits per heavy atom. The number of methoxy groups -OCH3 is 1. The molecule has 1 aliphatic heterocycles. The van der Waals surface area contributed by atoms with E-state index in [1.807, 2.05) is 18.2 Å². The molecule has 1 aromatic carbocycles. The van der Waals surface area contributed by atoms with Gasteiger partial charge < -0.3 is 20.1 Å². The number of ether oxygens (including phenoxy) is 2. The molecule has 0 unspecified atom stereocenters. The SMILES string of the molecule is CCNC(=NCc1cccc(OC)c1)NCCC1=CCOCC1.I. The van der Waals surface area contributed by atoms with Gasteiger partial charge in [0.2, 0.25) is 0 Å². The summed E-state index contributed by atoms with van der Waals surface area (Å²) < 4.78 is 10.6. The molecule has 0 fully saturated rings. The van der Waals surface area contributed by atoms with Gasteiger partial charge in [-0.05, 0) is 37.5 Å². The number of hydrogen-bond acceptors (Lipinski definition) is 3. The third-order valence-electron chi connectivity index (χ3n) is 3.69. The predicted octanol–water partition coefficient (Wildman–Crippen LogP) is 3.11. The van der Waals surface area contributed by atoms with Crippen LogP contribution in [0.1, 0.15) is 25.3 Å². The van der Waals surface area contributed by atoms with Crippen LogP contribution in [0.15, 0.2) is 40.9 Å². The van der Waals surface area contributed by atoms with Crippen molar-refractivity contribution >= 4 is 29.9 Å². The molecule has 0 saturated heterocycles. The average molecular weight is 445 g/mol. The van der Waals surface area contributed by atoms with Gasteiger partial charge in [-0.15, -0.1) is 24.0 Å². The van der Waals surface area contributed by atoms with E-state index in [0.717, 1.165) is 56.4 Å². The van der Waals surface area contributed by atoms with E-state index in [1.165, 1.54) is 5.57 Å². The van der Waals surface area contributed by atoms with Crippen LogP contribution in [0.3, 0.4) is 0 Å². The molecule has 24 heavy (non-hydrogen) atoms. The van der Waals surface area contributed by atoms with Crippen LogP contribution < -0.4 is 15.4 Å². The smallest absolute Gasteiger partial charge is 0.191 e. The molecule has 1 aromatic rings. The van der Waals surface area contributed by atoms with E-state index in [0.29, 0.717) is 6.54 Å². The van der Waals surface area contributed by atoms with Gasteiger partial charge in [0.25, 0.3) is 0 Å². The number of aliphatic imine (C=N–C) groups is 1. The Hall–Kier alpha value is -1.28. The van der Waals surface area contributed by atoms with Crippen molar-refractivity contribution in [1.29, 1.82) is 0 Å². The Labute approximate surface area is 161 Å². The van der Waals surface area contributed by atoms with Crippen LogP contribution in [0.4, 0.5) is 0 Å². The standard InChI is InChI=1S/C18H27N3O2.HI/c1-3-19-18(20-10-7-15-8-11-23-12-9-15)21-14-16-5-4-6-17(13-16)22-2;/h4-6,8,13H,3,7,9-12,14H2,1-2H3,(H2,19,20,21);1H. The molecule has 0 aromatic heterocycles. The number of nitrogens with one attached hydrogen (secondary N) is 2. The molecule has 2 rings (SSSR count). The van der Waals surface area contributed by atoms with Crippen molar-refractivity contribution in [2.24, 2.45) is 4.99 Å². The van der Waals surface area contributed by atoms with Crippen molar-refractivity contribution in [3.63, 3.8) is 0 Å². The maximum absolute atomic E-state index is 5.33. The second-order valence-corrected chi connectivity index (χ2v) is 5.41. The third kappa shape index (κ3) is 7.53. The highest BCUT2D eigenvalue weighted by molar-refractivity contribution is 14.0. The average Bonchev–Trinajstić information content (AvgIpc) is 2.61. The van der Waals surface area contributed by atoms with E-state index in [1.54, 1.807) is 7.11 Å². The molecule has 134 valence electrons. The normalized spacial score (nSPS) is 14.4. The van der Waals surface area contributed by atoms with Crippen LogP contribution >= 0.6 is 24.0 Å². The molecule has 0 amide bonds. The fourth-order valence-electron chi connectivity index (χ4n) is 2.42. The van der Waals surface area contributed by atoms with Crippen LogP contribution in [0, 0.1) is 0 Å². The summed E-state index contributed by atoms with van der Waals surface area (Å²) in [6.07, 6.45) is 4.26. The van der Waals surface area contributed by atoms with Crippen LogP contribution in [0.5, 0.6) is 5.75 Å². The summed E-state index contributed by atoms with van der Waals surface area (Å²) >= 11 is 0. The maximum Gasteiger partial charge on any atom is 0.191 e. The predicted molar refractivity (Wildman–Crippen MR) is 109 cm³/mol. The summed E-state index contributed by atoms with van der Waals surface area (Å²) in [4.78, 5) is 4.64. The zero-order valence-electron chi connectivity index (χ0n) is 14.5. The lowest BCUT2D eigenvalue weighted by Crippen LogP contribution is -2.38. The highest BCUT2D eigenvalue weighted by Crippen LogP contribution is 2.13. The number of rotatable bonds is 7. The van der Waals surface area contributed by atoms with Crippen molar-refractivity contribution in [3.05, 3.63) is 41.5 Å². The zero-order chi connectivity index (χ0) is 16.3. The lowest BCUT2D eigenvalue weighted by Gasteiger charge is -2.15. The lowest BCUT2D eigenvalue weighted by atomic mass is 10.1. The number of hydrogen-bond donors (Lipinski definition) is 2. The van der Waals surface area contributed by atoms with E-state index in [-0.39, 0.29) is 24.0 Å². The summed E-state index contributed by atoms with van der Waals surface area (Å²) in [5.74, 6) is 1.71. The third-order valence-corrected chi connectivity index (χ3v) is 3.69. The first-order valence-corrected chi connectivity index (χ1v) is 8.22. The second-order valence-electron chi connectivity index (χ2n) is 5.41. The van der Waals surface area contributed by atoms with Crippen LogP contribution in [-0.4, -0.2) is 39.4 Å². The monoisotopic (exact) mass is 445 g/mol. The van der Waals surface area contributed by atoms with Gasteiger partial charge in [-0.1, -0.05) is 23.8 Å². The summed E-state index contributed by atoms with van der Waals surface area (Å²) in [7, 11) is 1.68. The summed E-state index contributed by atoms with van der Waals surface area (Å²) in [5.41, 5.74) is 2.60. The fourth-order valence-corrected chi connectivity index (χ4v) is 2.42. The number of nitrogens with zero attached hydrogens (tertiary/aromatic N) is 1. The van der Waals surface area contributed by atoms with E-state index in [2.05, 4.69) is 34.7 Å². The maximum atomic E-state index is 5.33. The van der Waals surface area contributed by atoms with Crippen LogP contribution in [-0.2, 0) is 11.3 Å². The molecule has 0 radical (unpaired) electrons. The molecule has 0 spiro atoms. The van der Waals surface area contributed by atoms with Gasteiger partial charge in [0.15, 0.2) is 5.96 Å². The fraction of sp³-hybridized carbons (Fsp3) is 0.500. The van der Waals surface area contributed by atoms with Crippen molar-refractivity contribution in [3.8, 4) is 5.75 Å². The van der Waals surface area contributed by atoms with Gasteiger partial charge in [-0.2, -0.15) is 0 Å². The van der Waals surface area contributed by atoms with Gasteiger partial charge in [0.1, 0.15) is 5.75 Å². The summed E-state index contributed by atoms with van der Waals surface area (Å²) in [6.45, 7) is 6.03. The number of guanidine groups is 1. The summed E-state index contributed by atoms with van der Waals surface area (Å²) in [5, 5.41) is 6.68. The molecule has 5 nitrogen and oxygen atoms in total. The molecular formula is C18H28IN3O2. The van der Waals surface area contributed by atoms with Gasteiger partial charge in [-0.3, -0.25) is 0 Å². The second kappa shape index (κ2) is 12.1. The Morgan fingerprint density at radius 3 is 2.92 bits per heavy atom. The topological polar surface area (TPSA) is 54.9 Å². The molecule has 6 heteroatoms. The van der Waals surface area contributed by atoms with E-state index < -0.39 is 0 Å². The highest BCUT2D eigenvalue weighted by atomic mass is 127. The van der Waals surface area contributed by atoms with Gasteiger partial charge in [0, 0.05) is 13.1 Å². The van der Waals surface area contributed by atoms with Gasteiger partial charge >= 0.3 is 0 Å². The minimum atomic E-state index is 0.